The molecular weight excluding hydrogens is 464 g/mol. The molecule has 0 aliphatic carbocycles. The van der Waals surface area contributed by atoms with Gasteiger partial charge in [-0.3, -0.25) is 9.59 Å². The van der Waals surface area contributed by atoms with E-state index in [2.05, 4.69) is 35.5 Å². The Morgan fingerprint density at radius 2 is 1.84 bits per heavy atom. The number of aromatic nitrogens is 1. The van der Waals surface area contributed by atoms with Gasteiger partial charge < -0.3 is 20.4 Å². The zero-order chi connectivity index (χ0) is 26.4. The van der Waals surface area contributed by atoms with E-state index in [9.17, 15) is 9.59 Å². The minimum atomic E-state index is -0.571. The van der Waals surface area contributed by atoms with Crippen molar-refractivity contribution in [3.8, 4) is 6.07 Å². The lowest BCUT2D eigenvalue weighted by atomic mass is 9.98. The molecule has 2 N–H and O–H groups in total. The number of nitriles is 1. The predicted molar refractivity (Wildman–Crippen MR) is 144 cm³/mol. The fourth-order valence-electron chi connectivity index (χ4n) is 4.50. The fraction of sp³-hybridized carbons (Fsp3) is 0.310. The van der Waals surface area contributed by atoms with Crippen LogP contribution in [0.1, 0.15) is 42.5 Å². The maximum absolute atomic E-state index is 13.4. The number of amides is 2. The summed E-state index contributed by atoms with van der Waals surface area (Å²) >= 11 is 0. The maximum Gasteiger partial charge on any atom is 0.247 e. The molecule has 1 aromatic heterocycles. The van der Waals surface area contributed by atoms with Crippen LogP contribution in [0.3, 0.4) is 0 Å². The summed E-state index contributed by atoms with van der Waals surface area (Å²) in [6.07, 6.45) is 1.70. The second-order valence-corrected chi connectivity index (χ2v) is 9.53. The molecule has 1 fully saturated rings. The van der Waals surface area contributed by atoms with Gasteiger partial charge in [0, 0.05) is 26.2 Å². The van der Waals surface area contributed by atoms with E-state index >= 15 is 0 Å². The molecule has 3 aromatic rings. The van der Waals surface area contributed by atoms with Crippen LogP contribution in [-0.4, -0.2) is 54.4 Å². The quantitative estimate of drug-likeness (QED) is 0.493. The van der Waals surface area contributed by atoms with Gasteiger partial charge in [0.05, 0.1) is 30.1 Å². The zero-order valence-electron chi connectivity index (χ0n) is 21.4. The number of anilines is 2. The molecule has 1 aliphatic heterocycles. The average molecular weight is 497 g/mol. The third-order valence-electron chi connectivity index (χ3n) is 6.76. The van der Waals surface area contributed by atoms with Crippen molar-refractivity contribution in [1.82, 2.24) is 15.2 Å². The van der Waals surface area contributed by atoms with Gasteiger partial charge in [0.1, 0.15) is 11.9 Å². The number of carbonyl (C=O) groups excluding carboxylic acids is 2. The summed E-state index contributed by atoms with van der Waals surface area (Å²) in [5.41, 5.74) is 3.42. The normalized spacial score (nSPS) is 17.1. The van der Waals surface area contributed by atoms with E-state index in [0.29, 0.717) is 31.0 Å². The van der Waals surface area contributed by atoms with Gasteiger partial charge in [-0.15, -0.1) is 0 Å². The Bertz CT molecular complexity index is 1250. The lowest BCUT2D eigenvalue weighted by molar-refractivity contribution is -0.130. The van der Waals surface area contributed by atoms with Crippen LogP contribution in [0.15, 0.2) is 72.9 Å². The highest BCUT2D eigenvalue weighted by molar-refractivity contribution is 5.95. The fourth-order valence-corrected chi connectivity index (χ4v) is 4.50. The maximum atomic E-state index is 13.4. The van der Waals surface area contributed by atoms with Gasteiger partial charge in [-0.25, -0.2) is 4.98 Å². The average Bonchev–Trinajstić information content (AvgIpc) is 2.92. The highest BCUT2D eigenvalue weighted by Gasteiger charge is 2.27. The Hall–Kier alpha value is -4.22. The van der Waals surface area contributed by atoms with E-state index in [1.165, 1.54) is 0 Å². The number of hydrogen-bond donors (Lipinski definition) is 2. The monoisotopic (exact) mass is 496 g/mol. The van der Waals surface area contributed by atoms with Crippen molar-refractivity contribution >= 4 is 23.3 Å². The summed E-state index contributed by atoms with van der Waals surface area (Å²) in [6.45, 7) is 5.69. The van der Waals surface area contributed by atoms with E-state index in [4.69, 9.17) is 5.26 Å². The molecule has 0 saturated carbocycles. The standard InChI is InChI=1S/C29H32N6O2/c1-20(23-11-9-22(15-30)10-12-23)16-32-28(24-7-5-4-6-8-24)29(37)33-26-14-13-25(17-31-26)35-19-27(36)34(3)18-21(35)2/h4-14,17,20-21,28,32H,16,18-19H2,1-3H3,(H,31,33,37)/t20-,21-,28?/m1/s1. The highest BCUT2D eigenvalue weighted by Crippen LogP contribution is 2.23. The summed E-state index contributed by atoms with van der Waals surface area (Å²) in [6, 6.07) is 22.5. The van der Waals surface area contributed by atoms with Gasteiger partial charge in [0.2, 0.25) is 11.8 Å². The first-order valence-electron chi connectivity index (χ1n) is 12.4. The number of pyridine rings is 1. The van der Waals surface area contributed by atoms with Gasteiger partial charge in [0.15, 0.2) is 0 Å². The Labute approximate surface area is 217 Å². The lowest BCUT2D eigenvalue weighted by Gasteiger charge is -2.39. The second-order valence-electron chi connectivity index (χ2n) is 9.53. The SMILES string of the molecule is C[C@H](CNC(C(=O)Nc1ccc(N2CC(=O)N(C)C[C@H]2C)cn1)c1ccccc1)c1ccc(C#N)cc1. The Balaban J connectivity index is 1.44. The molecule has 2 aromatic carbocycles. The summed E-state index contributed by atoms with van der Waals surface area (Å²) in [5, 5.41) is 15.4. The molecule has 0 radical (unpaired) electrons. The first kappa shape index (κ1) is 25.9. The summed E-state index contributed by atoms with van der Waals surface area (Å²) < 4.78 is 0. The number of benzene rings is 2. The third kappa shape index (κ3) is 6.32. The van der Waals surface area contributed by atoms with Crippen LogP contribution >= 0.6 is 0 Å². The second kappa shape index (κ2) is 11.7. The largest absolute Gasteiger partial charge is 0.356 e. The van der Waals surface area contributed by atoms with Gasteiger partial charge in [0.25, 0.3) is 0 Å². The number of carbonyl (C=O) groups is 2. The van der Waals surface area contributed by atoms with Crippen LogP contribution in [0.2, 0.25) is 0 Å². The zero-order valence-corrected chi connectivity index (χ0v) is 21.4. The number of piperazine rings is 1. The topological polar surface area (TPSA) is 101 Å². The van der Waals surface area contributed by atoms with Gasteiger partial charge in [-0.05, 0) is 48.2 Å². The summed E-state index contributed by atoms with van der Waals surface area (Å²) in [5.74, 6) is 0.450. The van der Waals surface area contributed by atoms with E-state index in [-0.39, 0.29) is 23.8 Å². The Morgan fingerprint density at radius 3 is 2.49 bits per heavy atom. The minimum Gasteiger partial charge on any atom is -0.356 e. The molecule has 8 heteroatoms. The van der Waals surface area contributed by atoms with Crippen LogP contribution < -0.4 is 15.5 Å². The van der Waals surface area contributed by atoms with Gasteiger partial charge in [-0.2, -0.15) is 5.26 Å². The molecule has 0 bridgehead atoms. The number of hydrogen-bond acceptors (Lipinski definition) is 6. The molecule has 2 amide bonds. The molecule has 8 nitrogen and oxygen atoms in total. The third-order valence-corrected chi connectivity index (χ3v) is 6.76. The van der Waals surface area contributed by atoms with Crippen molar-refractivity contribution in [3.05, 3.63) is 89.6 Å². The van der Waals surface area contributed by atoms with Crippen molar-refractivity contribution in [1.29, 1.82) is 5.26 Å². The first-order chi connectivity index (χ1) is 17.9. The smallest absolute Gasteiger partial charge is 0.247 e. The van der Waals surface area contributed by atoms with Crippen molar-refractivity contribution in [2.24, 2.45) is 0 Å². The molecule has 190 valence electrons. The van der Waals surface area contributed by atoms with Crippen LogP contribution in [0, 0.1) is 11.3 Å². The molecule has 1 aliphatic rings. The summed E-state index contributed by atoms with van der Waals surface area (Å²) in [4.78, 5) is 33.7. The van der Waals surface area contributed by atoms with Crippen molar-refractivity contribution < 1.29 is 9.59 Å². The molecule has 1 saturated heterocycles. The van der Waals surface area contributed by atoms with Gasteiger partial charge >= 0.3 is 0 Å². The van der Waals surface area contributed by atoms with Crippen LogP contribution in [0.25, 0.3) is 0 Å². The lowest BCUT2D eigenvalue weighted by Crippen LogP contribution is -2.53. The van der Waals surface area contributed by atoms with Crippen LogP contribution in [0.4, 0.5) is 11.5 Å². The number of nitrogens with one attached hydrogen (secondary N) is 2. The van der Waals surface area contributed by atoms with Crippen molar-refractivity contribution in [2.45, 2.75) is 31.8 Å². The van der Waals surface area contributed by atoms with E-state index in [1.54, 1.807) is 29.3 Å². The summed E-state index contributed by atoms with van der Waals surface area (Å²) in [7, 11) is 1.81. The highest BCUT2D eigenvalue weighted by atomic mass is 16.2. The van der Waals surface area contributed by atoms with Crippen LogP contribution in [-0.2, 0) is 9.59 Å². The molecule has 0 spiro atoms. The molecule has 4 rings (SSSR count). The molecule has 2 heterocycles. The van der Waals surface area contributed by atoms with E-state index in [0.717, 1.165) is 16.8 Å². The Morgan fingerprint density at radius 1 is 1.11 bits per heavy atom. The van der Waals surface area contributed by atoms with Crippen molar-refractivity contribution in [2.75, 3.05) is 36.9 Å². The number of nitrogens with zero attached hydrogens (tertiary/aromatic N) is 4. The molecule has 1 unspecified atom stereocenters. The molecule has 37 heavy (non-hydrogen) atoms. The molecular formula is C29H32N6O2. The van der Waals surface area contributed by atoms with Crippen LogP contribution in [0.5, 0.6) is 0 Å². The first-order valence-corrected chi connectivity index (χ1v) is 12.4. The Kier molecular flexibility index (Phi) is 8.16. The minimum absolute atomic E-state index is 0.0718. The van der Waals surface area contributed by atoms with E-state index < -0.39 is 6.04 Å². The predicted octanol–water partition coefficient (Wildman–Crippen LogP) is 3.69. The molecule has 3 atom stereocenters. The van der Waals surface area contributed by atoms with E-state index in [1.807, 2.05) is 60.5 Å². The van der Waals surface area contributed by atoms with Crippen molar-refractivity contribution in [3.63, 3.8) is 0 Å². The van der Waals surface area contributed by atoms with Gasteiger partial charge in [-0.1, -0.05) is 49.4 Å². The number of likely N-dealkylation sites (N-methyl/N-ethyl adjacent to an activating group) is 1. The number of rotatable bonds is 8.